The maximum Gasteiger partial charge on any atom is 0.263 e. The Labute approximate surface area is 127 Å². The topological polar surface area (TPSA) is 58.2 Å². The highest BCUT2D eigenvalue weighted by Crippen LogP contribution is 2.27. The zero-order valence-electron chi connectivity index (χ0n) is 11.1. The molecule has 0 fully saturated rings. The maximum absolute atomic E-state index is 12.4. The van der Waals surface area contributed by atoms with Gasteiger partial charge in [0.25, 0.3) is 10.0 Å². The van der Waals surface area contributed by atoms with Gasteiger partial charge in [-0.25, -0.2) is 8.42 Å². The number of aryl methyl sites for hydroxylation is 1. The minimum Gasteiger partial charge on any atom is -0.315 e. The summed E-state index contributed by atoms with van der Waals surface area (Å²) in [6, 6.07) is 8.26. The lowest BCUT2D eigenvalue weighted by atomic mass is 10.3. The minimum absolute atomic E-state index is 0.322. The van der Waals surface area contributed by atoms with Crippen molar-refractivity contribution in [2.24, 2.45) is 0 Å². The number of thiophene rings is 1. The summed E-state index contributed by atoms with van der Waals surface area (Å²) in [4.78, 5) is 2.08. The van der Waals surface area contributed by atoms with E-state index in [0.717, 1.165) is 9.75 Å². The van der Waals surface area contributed by atoms with E-state index >= 15 is 0 Å². The Morgan fingerprint density at radius 1 is 1.25 bits per heavy atom. The van der Waals surface area contributed by atoms with E-state index in [4.69, 9.17) is 11.6 Å². The summed E-state index contributed by atoms with van der Waals surface area (Å²) in [6.45, 7) is 2.46. The molecule has 0 atom stereocenters. The number of nitrogens with one attached hydrogen (secondary N) is 2. The van der Waals surface area contributed by atoms with Crippen LogP contribution in [0.5, 0.6) is 0 Å². The van der Waals surface area contributed by atoms with Crippen LogP contribution in [-0.4, -0.2) is 15.5 Å². The molecule has 1 aromatic heterocycles. The molecule has 0 aliphatic carbocycles. The van der Waals surface area contributed by atoms with Crippen molar-refractivity contribution in [1.29, 1.82) is 0 Å². The van der Waals surface area contributed by atoms with Crippen LogP contribution in [0.25, 0.3) is 0 Å². The van der Waals surface area contributed by atoms with Gasteiger partial charge < -0.3 is 5.32 Å². The molecule has 2 rings (SSSR count). The molecule has 0 bridgehead atoms. The molecule has 4 nitrogen and oxygen atoms in total. The number of benzene rings is 1. The molecule has 0 amide bonds. The van der Waals surface area contributed by atoms with Gasteiger partial charge in [0.1, 0.15) is 4.90 Å². The highest BCUT2D eigenvalue weighted by Gasteiger charge is 2.19. The summed E-state index contributed by atoms with van der Waals surface area (Å²) < 4.78 is 27.3. The largest absolute Gasteiger partial charge is 0.315 e. The van der Waals surface area contributed by atoms with Gasteiger partial charge in [-0.15, -0.1) is 11.3 Å². The molecule has 0 saturated carbocycles. The summed E-state index contributed by atoms with van der Waals surface area (Å²) in [7, 11) is -1.74. The molecule has 0 saturated heterocycles. The van der Waals surface area contributed by atoms with Gasteiger partial charge in [0.15, 0.2) is 0 Å². The normalized spacial score (nSPS) is 11.6. The molecule has 2 N–H and O–H groups in total. The Balaban J connectivity index is 2.28. The van der Waals surface area contributed by atoms with Crippen molar-refractivity contribution >= 4 is 38.6 Å². The molecular formula is C13H15ClN2O2S2. The Morgan fingerprint density at radius 2 is 1.90 bits per heavy atom. The van der Waals surface area contributed by atoms with Gasteiger partial charge in [0.2, 0.25) is 0 Å². The molecule has 7 heteroatoms. The van der Waals surface area contributed by atoms with Crippen LogP contribution in [0.1, 0.15) is 9.75 Å². The van der Waals surface area contributed by atoms with Crippen LogP contribution in [0.3, 0.4) is 0 Å². The SMILES string of the molecule is CNCc1cc(S(=O)(=O)Nc2ccc(Cl)cc2)c(C)s1. The van der Waals surface area contributed by atoms with Crippen molar-refractivity contribution in [2.75, 3.05) is 11.8 Å². The maximum atomic E-state index is 12.4. The van der Waals surface area contributed by atoms with Crippen molar-refractivity contribution in [2.45, 2.75) is 18.4 Å². The average Bonchev–Trinajstić information content (AvgIpc) is 2.74. The standard InChI is InChI=1S/C13H15ClN2O2S2/c1-9-13(7-12(19-9)8-15-2)20(17,18)16-11-5-3-10(14)4-6-11/h3-7,15-16H,8H2,1-2H3. The van der Waals surface area contributed by atoms with Gasteiger partial charge in [-0.2, -0.15) is 0 Å². The van der Waals surface area contributed by atoms with Crippen molar-refractivity contribution < 1.29 is 8.42 Å². The third-order valence-electron chi connectivity index (χ3n) is 2.66. The van der Waals surface area contributed by atoms with E-state index in [1.54, 1.807) is 37.3 Å². The number of sulfonamides is 1. The lowest BCUT2D eigenvalue weighted by Crippen LogP contribution is -2.13. The lowest BCUT2D eigenvalue weighted by Gasteiger charge is -2.07. The van der Waals surface area contributed by atoms with Gasteiger partial charge in [-0.05, 0) is 44.3 Å². The molecule has 1 heterocycles. The third kappa shape index (κ3) is 3.52. The Kier molecular flexibility index (Phi) is 4.70. The van der Waals surface area contributed by atoms with Crippen molar-refractivity contribution in [3.8, 4) is 0 Å². The quantitative estimate of drug-likeness (QED) is 0.885. The zero-order chi connectivity index (χ0) is 14.8. The smallest absolute Gasteiger partial charge is 0.263 e. The second-order valence-electron chi connectivity index (χ2n) is 4.28. The fourth-order valence-electron chi connectivity index (χ4n) is 1.78. The first-order valence-corrected chi connectivity index (χ1v) is 8.62. The number of halogens is 1. The predicted molar refractivity (Wildman–Crippen MR) is 84.1 cm³/mol. The summed E-state index contributed by atoms with van der Waals surface area (Å²) in [6.07, 6.45) is 0. The summed E-state index contributed by atoms with van der Waals surface area (Å²) in [5, 5.41) is 3.58. The number of rotatable bonds is 5. The highest BCUT2D eigenvalue weighted by molar-refractivity contribution is 7.93. The first-order valence-electron chi connectivity index (χ1n) is 5.94. The fraction of sp³-hybridized carbons (Fsp3) is 0.231. The van der Waals surface area contributed by atoms with Gasteiger partial charge in [0, 0.05) is 27.0 Å². The molecule has 20 heavy (non-hydrogen) atoms. The van der Waals surface area contributed by atoms with Crippen molar-refractivity contribution in [3.63, 3.8) is 0 Å². The molecule has 1 aromatic carbocycles. The first-order chi connectivity index (χ1) is 9.42. The molecule has 2 aromatic rings. The molecule has 0 aliphatic rings. The second kappa shape index (κ2) is 6.13. The van der Waals surface area contributed by atoms with E-state index in [-0.39, 0.29) is 0 Å². The van der Waals surface area contributed by atoms with Crippen LogP contribution >= 0.6 is 22.9 Å². The van der Waals surface area contributed by atoms with Crippen LogP contribution in [-0.2, 0) is 16.6 Å². The number of hydrogen-bond acceptors (Lipinski definition) is 4. The lowest BCUT2D eigenvalue weighted by molar-refractivity contribution is 0.601. The van der Waals surface area contributed by atoms with Gasteiger partial charge in [-0.1, -0.05) is 11.6 Å². The monoisotopic (exact) mass is 330 g/mol. The number of anilines is 1. The Bertz CT molecular complexity index is 694. The van der Waals surface area contributed by atoms with Crippen LogP contribution in [0.15, 0.2) is 35.2 Å². The molecule has 0 radical (unpaired) electrons. The average molecular weight is 331 g/mol. The predicted octanol–water partition coefficient (Wildman–Crippen LogP) is 3.23. The summed E-state index contributed by atoms with van der Waals surface area (Å²) >= 11 is 7.26. The van der Waals surface area contributed by atoms with Gasteiger partial charge in [-0.3, -0.25) is 4.72 Å². The summed E-state index contributed by atoms with van der Waals surface area (Å²) in [5.41, 5.74) is 0.496. The van der Waals surface area contributed by atoms with E-state index in [9.17, 15) is 8.42 Å². The van der Waals surface area contributed by atoms with Gasteiger partial charge >= 0.3 is 0 Å². The van der Waals surface area contributed by atoms with Crippen LogP contribution < -0.4 is 10.0 Å². The Hall–Kier alpha value is -1.08. The van der Waals surface area contributed by atoms with Crippen LogP contribution in [0, 0.1) is 6.92 Å². The van der Waals surface area contributed by atoms with E-state index in [2.05, 4.69) is 10.0 Å². The number of hydrogen-bond donors (Lipinski definition) is 2. The molecule has 0 aliphatic heterocycles. The van der Waals surface area contributed by atoms with E-state index < -0.39 is 10.0 Å². The molecule has 0 spiro atoms. The van der Waals surface area contributed by atoms with E-state index in [1.807, 2.05) is 7.05 Å². The van der Waals surface area contributed by atoms with E-state index in [0.29, 0.717) is 22.2 Å². The second-order valence-corrected chi connectivity index (χ2v) is 7.70. The summed E-state index contributed by atoms with van der Waals surface area (Å²) in [5.74, 6) is 0. The van der Waals surface area contributed by atoms with Crippen molar-refractivity contribution in [3.05, 3.63) is 45.1 Å². The fourth-order valence-corrected chi connectivity index (χ4v) is 4.61. The van der Waals surface area contributed by atoms with Crippen LogP contribution in [0.4, 0.5) is 5.69 Å². The molecule has 0 unspecified atom stereocenters. The molecular weight excluding hydrogens is 316 g/mol. The van der Waals surface area contributed by atoms with E-state index in [1.165, 1.54) is 11.3 Å². The first kappa shape index (κ1) is 15.3. The third-order valence-corrected chi connectivity index (χ3v) is 5.60. The molecule has 108 valence electrons. The van der Waals surface area contributed by atoms with Gasteiger partial charge in [0.05, 0.1) is 0 Å². The highest BCUT2D eigenvalue weighted by atomic mass is 35.5. The minimum atomic E-state index is -3.56. The zero-order valence-corrected chi connectivity index (χ0v) is 13.5. The van der Waals surface area contributed by atoms with Crippen LogP contribution in [0.2, 0.25) is 5.02 Å². The Morgan fingerprint density at radius 3 is 2.50 bits per heavy atom. The van der Waals surface area contributed by atoms with Crippen molar-refractivity contribution in [1.82, 2.24) is 5.32 Å².